The van der Waals surface area contributed by atoms with Crippen molar-refractivity contribution in [1.82, 2.24) is 0 Å². The zero-order valence-electron chi connectivity index (χ0n) is 11.4. The second-order valence-electron chi connectivity index (χ2n) is 4.51. The Bertz CT molecular complexity index is 626. The van der Waals surface area contributed by atoms with Crippen LogP contribution in [0.1, 0.15) is 11.1 Å². The molecule has 0 saturated heterocycles. The molecule has 0 aliphatic rings. The van der Waals surface area contributed by atoms with Gasteiger partial charge in [-0.3, -0.25) is 4.79 Å². The SMILES string of the molecule is Cc1cccc(NC(=O)COc2ccccc2Br)c1C. The van der Waals surface area contributed by atoms with Crippen molar-refractivity contribution in [1.29, 1.82) is 0 Å². The van der Waals surface area contributed by atoms with Gasteiger partial charge in [0, 0.05) is 5.69 Å². The summed E-state index contributed by atoms with van der Waals surface area (Å²) in [6, 6.07) is 13.3. The van der Waals surface area contributed by atoms with Gasteiger partial charge in [-0.1, -0.05) is 24.3 Å². The largest absolute Gasteiger partial charge is 0.483 e. The number of hydrogen-bond donors (Lipinski definition) is 1. The Morgan fingerprint density at radius 2 is 1.90 bits per heavy atom. The molecule has 0 atom stereocenters. The van der Waals surface area contributed by atoms with Crippen LogP contribution in [0.15, 0.2) is 46.9 Å². The molecule has 0 aromatic heterocycles. The number of hydrogen-bond acceptors (Lipinski definition) is 2. The van der Waals surface area contributed by atoms with Gasteiger partial charge in [-0.25, -0.2) is 0 Å². The second kappa shape index (κ2) is 6.57. The summed E-state index contributed by atoms with van der Waals surface area (Å²) in [6.07, 6.45) is 0. The number of ether oxygens (including phenoxy) is 1. The molecule has 0 fully saturated rings. The summed E-state index contributed by atoms with van der Waals surface area (Å²) in [5, 5.41) is 2.86. The standard InChI is InChI=1S/C16H16BrNO2/c1-11-6-5-8-14(12(11)2)18-16(19)10-20-15-9-4-3-7-13(15)17/h3-9H,10H2,1-2H3,(H,18,19). The molecule has 1 N–H and O–H groups in total. The molecule has 2 aromatic carbocycles. The lowest BCUT2D eigenvalue weighted by Crippen LogP contribution is -2.20. The molecule has 4 heteroatoms. The first kappa shape index (κ1) is 14.6. The quantitative estimate of drug-likeness (QED) is 0.915. The van der Waals surface area contributed by atoms with Crippen LogP contribution >= 0.6 is 15.9 Å². The molecule has 0 radical (unpaired) electrons. The van der Waals surface area contributed by atoms with Crippen molar-refractivity contribution in [2.24, 2.45) is 0 Å². The van der Waals surface area contributed by atoms with Gasteiger partial charge in [-0.05, 0) is 59.1 Å². The van der Waals surface area contributed by atoms with Crippen molar-refractivity contribution < 1.29 is 9.53 Å². The number of carbonyl (C=O) groups is 1. The lowest BCUT2D eigenvalue weighted by molar-refractivity contribution is -0.118. The second-order valence-corrected chi connectivity index (χ2v) is 5.37. The van der Waals surface area contributed by atoms with Gasteiger partial charge >= 0.3 is 0 Å². The summed E-state index contributed by atoms with van der Waals surface area (Å²) < 4.78 is 6.31. The number of rotatable bonds is 4. The molecule has 1 amide bonds. The Labute approximate surface area is 127 Å². The average molecular weight is 334 g/mol. The molecular formula is C16H16BrNO2. The summed E-state index contributed by atoms with van der Waals surface area (Å²) in [4.78, 5) is 11.9. The Hall–Kier alpha value is -1.81. The van der Waals surface area contributed by atoms with Crippen LogP contribution in [0.4, 0.5) is 5.69 Å². The predicted molar refractivity (Wildman–Crippen MR) is 84.2 cm³/mol. The van der Waals surface area contributed by atoms with Crippen LogP contribution < -0.4 is 10.1 Å². The fraction of sp³-hybridized carbons (Fsp3) is 0.188. The van der Waals surface area contributed by atoms with Crippen LogP contribution in [0, 0.1) is 13.8 Å². The van der Waals surface area contributed by atoms with Gasteiger partial charge in [0.25, 0.3) is 5.91 Å². The van der Waals surface area contributed by atoms with Gasteiger partial charge in [0.1, 0.15) is 5.75 Å². The molecule has 2 rings (SSSR count). The number of halogens is 1. The molecule has 0 saturated carbocycles. The zero-order chi connectivity index (χ0) is 14.5. The molecular weight excluding hydrogens is 318 g/mol. The molecule has 0 bridgehead atoms. The van der Waals surface area contributed by atoms with E-state index in [1.165, 1.54) is 0 Å². The van der Waals surface area contributed by atoms with Crippen LogP contribution in [0.5, 0.6) is 5.75 Å². The number of benzene rings is 2. The van der Waals surface area contributed by atoms with E-state index < -0.39 is 0 Å². The minimum absolute atomic E-state index is 0.0179. The normalized spacial score (nSPS) is 10.2. The van der Waals surface area contributed by atoms with E-state index in [2.05, 4.69) is 21.2 Å². The van der Waals surface area contributed by atoms with Crippen molar-refractivity contribution in [2.75, 3.05) is 11.9 Å². The first-order valence-corrected chi connectivity index (χ1v) is 7.10. The number of nitrogens with one attached hydrogen (secondary N) is 1. The zero-order valence-corrected chi connectivity index (χ0v) is 13.0. The molecule has 20 heavy (non-hydrogen) atoms. The van der Waals surface area contributed by atoms with E-state index in [1.54, 1.807) is 0 Å². The van der Waals surface area contributed by atoms with Crippen molar-refractivity contribution >= 4 is 27.5 Å². The summed E-state index contributed by atoms with van der Waals surface area (Å²) in [5.41, 5.74) is 3.04. The van der Waals surface area contributed by atoms with Crippen molar-refractivity contribution in [3.8, 4) is 5.75 Å². The highest BCUT2D eigenvalue weighted by Gasteiger charge is 2.07. The van der Waals surface area contributed by atoms with E-state index in [-0.39, 0.29) is 12.5 Å². The number of para-hydroxylation sites is 1. The lowest BCUT2D eigenvalue weighted by atomic mass is 10.1. The molecule has 104 valence electrons. The van der Waals surface area contributed by atoms with Crippen LogP contribution in [-0.2, 0) is 4.79 Å². The molecule has 0 heterocycles. The van der Waals surface area contributed by atoms with E-state index >= 15 is 0 Å². The molecule has 0 unspecified atom stereocenters. The van der Waals surface area contributed by atoms with E-state index in [9.17, 15) is 4.79 Å². The Kier molecular flexibility index (Phi) is 4.79. The number of carbonyl (C=O) groups excluding carboxylic acids is 1. The highest BCUT2D eigenvalue weighted by atomic mass is 79.9. The van der Waals surface area contributed by atoms with Crippen LogP contribution in [0.2, 0.25) is 0 Å². The monoisotopic (exact) mass is 333 g/mol. The first-order chi connectivity index (χ1) is 9.58. The molecule has 0 aliphatic carbocycles. The topological polar surface area (TPSA) is 38.3 Å². The summed E-state index contributed by atoms with van der Waals surface area (Å²) >= 11 is 3.38. The molecule has 0 spiro atoms. The predicted octanol–water partition coefficient (Wildman–Crippen LogP) is 4.08. The van der Waals surface area contributed by atoms with E-state index in [0.29, 0.717) is 5.75 Å². The van der Waals surface area contributed by atoms with Crippen molar-refractivity contribution in [3.05, 3.63) is 58.1 Å². The van der Waals surface area contributed by atoms with Gasteiger partial charge < -0.3 is 10.1 Å². The van der Waals surface area contributed by atoms with Crippen LogP contribution in [0.3, 0.4) is 0 Å². The maximum atomic E-state index is 11.9. The lowest BCUT2D eigenvalue weighted by Gasteiger charge is -2.11. The van der Waals surface area contributed by atoms with Gasteiger partial charge in [-0.15, -0.1) is 0 Å². The van der Waals surface area contributed by atoms with E-state index in [0.717, 1.165) is 21.3 Å². The first-order valence-electron chi connectivity index (χ1n) is 6.31. The van der Waals surface area contributed by atoms with Gasteiger partial charge in [0.15, 0.2) is 6.61 Å². The fourth-order valence-electron chi connectivity index (χ4n) is 1.78. The third-order valence-corrected chi connectivity index (χ3v) is 3.73. The third kappa shape index (κ3) is 3.61. The maximum Gasteiger partial charge on any atom is 0.262 e. The Morgan fingerprint density at radius 1 is 1.15 bits per heavy atom. The van der Waals surface area contributed by atoms with Gasteiger partial charge in [-0.2, -0.15) is 0 Å². The van der Waals surface area contributed by atoms with Crippen LogP contribution in [-0.4, -0.2) is 12.5 Å². The number of amides is 1. The van der Waals surface area contributed by atoms with Gasteiger partial charge in [0.05, 0.1) is 4.47 Å². The third-order valence-electron chi connectivity index (χ3n) is 3.07. The highest BCUT2D eigenvalue weighted by molar-refractivity contribution is 9.10. The number of anilines is 1. The molecule has 2 aromatic rings. The van der Waals surface area contributed by atoms with E-state index in [1.807, 2.05) is 56.3 Å². The average Bonchev–Trinajstić information content (AvgIpc) is 2.43. The Morgan fingerprint density at radius 3 is 2.65 bits per heavy atom. The minimum Gasteiger partial charge on any atom is -0.483 e. The summed E-state index contributed by atoms with van der Waals surface area (Å²) in [5.74, 6) is 0.484. The molecule has 3 nitrogen and oxygen atoms in total. The van der Waals surface area contributed by atoms with Crippen molar-refractivity contribution in [2.45, 2.75) is 13.8 Å². The van der Waals surface area contributed by atoms with E-state index in [4.69, 9.17) is 4.74 Å². The Balaban J connectivity index is 1.96. The number of aryl methyl sites for hydroxylation is 1. The van der Waals surface area contributed by atoms with Crippen molar-refractivity contribution in [3.63, 3.8) is 0 Å². The highest BCUT2D eigenvalue weighted by Crippen LogP contribution is 2.24. The maximum absolute atomic E-state index is 11.9. The van der Waals surface area contributed by atoms with Crippen LogP contribution in [0.25, 0.3) is 0 Å². The summed E-state index contributed by atoms with van der Waals surface area (Å²) in [7, 11) is 0. The summed E-state index contributed by atoms with van der Waals surface area (Å²) in [6.45, 7) is 3.98. The molecule has 0 aliphatic heterocycles. The minimum atomic E-state index is -0.172. The van der Waals surface area contributed by atoms with Gasteiger partial charge in [0.2, 0.25) is 0 Å². The fourth-order valence-corrected chi connectivity index (χ4v) is 2.18. The smallest absolute Gasteiger partial charge is 0.262 e.